The van der Waals surface area contributed by atoms with Gasteiger partial charge in [0.1, 0.15) is 23.3 Å². The highest BCUT2D eigenvalue weighted by atomic mass is 35.5. The Hall–Kier alpha value is -1.22. The number of aliphatic hydroxyl groups is 1. The van der Waals surface area contributed by atoms with E-state index in [1.165, 1.54) is 0 Å². The molecular weight excluding hydrogens is 295 g/mol. The molecule has 0 aromatic heterocycles. The average molecular weight is 311 g/mol. The normalized spacial score (nSPS) is 12.4. The molecule has 0 heterocycles. The fraction of sp³-hybridized carbons (Fsp3) is 0.250. The summed E-state index contributed by atoms with van der Waals surface area (Å²) in [5.41, 5.74) is 2.73. The molecule has 0 spiro atoms. The van der Waals surface area contributed by atoms with E-state index in [9.17, 15) is 5.11 Å². The van der Waals surface area contributed by atoms with Gasteiger partial charge in [-0.2, -0.15) is 0 Å². The Morgan fingerprint density at radius 1 is 1.10 bits per heavy atom. The van der Waals surface area contributed by atoms with Crippen molar-refractivity contribution in [2.75, 3.05) is 0 Å². The molecule has 2 rings (SSSR count). The summed E-state index contributed by atoms with van der Waals surface area (Å²) in [4.78, 5) is -0.861. The lowest BCUT2D eigenvalue weighted by Gasteiger charge is -2.15. The molecule has 0 radical (unpaired) electrons. The average Bonchev–Trinajstić information content (AvgIpc) is 2.46. The minimum absolute atomic E-state index is 0.479. The Morgan fingerprint density at radius 3 is 2.45 bits per heavy atom. The number of hydrogen-bond donors (Lipinski definition) is 1. The van der Waals surface area contributed by atoms with Gasteiger partial charge in [0.2, 0.25) is 0 Å². The summed E-state index contributed by atoms with van der Waals surface area (Å²) in [6, 6.07) is 15.4. The molecule has 1 atom stereocenters. The smallest absolute Gasteiger partial charge is 0.137 e. The van der Waals surface area contributed by atoms with Crippen molar-refractivity contribution in [2.45, 2.75) is 24.5 Å². The van der Waals surface area contributed by atoms with Crippen LogP contribution < -0.4 is 4.74 Å². The van der Waals surface area contributed by atoms with E-state index < -0.39 is 10.9 Å². The number of aliphatic hydroxyl groups excluding tert-OH is 1. The van der Waals surface area contributed by atoms with Gasteiger partial charge in [0.15, 0.2) is 0 Å². The molecule has 4 heteroatoms. The first-order valence-electron chi connectivity index (χ1n) is 6.31. The molecular formula is C16H16Cl2O2. The molecule has 0 saturated heterocycles. The highest BCUT2D eigenvalue weighted by Crippen LogP contribution is 2.29. The topological polar surface area (TPSA) is 29.5 Å². The summed E-state index contributed by atoms with van der Waals surface area (Å²) in [6.45, 7) is 2.43. The van der Waals surface area contributed by atoms with E-state index in [0.717, 1.165) is 16.9 Å². The van der Waals surface area contributed by atoms with Gasteiger partial charge in [-0.05, 0) is 29.7 Å². The van der Waals surface area contributed by atoms with Crippen LogP contribution in [0.1, 0.15) is 22.8 Å². The van der Waals surface area contributed by atoms with Crippen LogP contribution in [0.5, 0.6) is 5.75 Å². The largest absolute Gasteiger partial charge is 0.489 e. The third-order valence-corrected chi connectivity index (χ3v) is 3.51. The number of hydrogen-bond acceptors (Lipinski definition) is 2. The van der Waals surface area contributed by atoms with Crippen molar-refractivity contribution >= 4 is 23.2 Å². The molecule has 0 aliphatic heterocycles. The molecule has 0 amide bonds. The van der Waals surface area contributed by atoms with Crippen LogP contribution in [-0.2, 0) is 6.61 Å². The minimum atomic E-state index is -0.919. The van der Waals surface area contributed by atoms with Crippen LogP contribution in [0.25, 0.3) is 0 Å². The molecule has 0 bridgehead atoms. The first kappa shape index (κ1) is 15.2. The summed E-state index contributed by atoms with van der Waals surface area (Å²) in [5.74, 6) is 0.722. The number of rotatable bonds is 5. The van der Waals surface area contributed by atoms with E-state index in [1.807, 2.05) is 43.3 Å². The second-order valence-corrected chi connectivity index (χ2v) is 5.74. The zero-order chi connectivity index (χ0) is 14.5. The second-order valence-electron chi connectivity index (χ2n) is 4.58. The third-order valence-electron chi connectivity index (χ3n) is 3.03. The van der Waals surface area contributed by atoms with E-state index in [4.69, 9.17) is 27.9 Å². The maximum atomic E-state index is 9.88. The van der Waals surface area contributed by atoms with Gasteiger partial charge in [-0.3, -0.25) is 0 Å². The van der Waals surface area contributed by atoms with Gasteiger partial charge in [0, 0.05) is 0 Å². The molecule has 0 saturated carbocycles. The molecule has 2 aromatic rings. The number of ether oxygens (including phenoxy) is 1. The monoisotopic (exact) mass is 310 g/mol. The van der Waals surface area contributed by atoms with Crippen molar-refractivity contribution in [1.29, 1.82) is 0 Å². The third kappa shape index (κ3) is 3.89. The molecule has 0 aliphatic carbocycles. The maximum Gasteiger partial charge on any atom is 0.137 e. The SMILES string of the molecule is Cc1ccc(C(O)C(Cl)Cl)cc1OCc1ccccc1. The predicted molar refractivity (Wildman–Crippen MR) is 82.4 cm³/mol. The lowest BCUT2D eigenvalue weighted by atomic mass is 10.1. The van der Waals surface area contributed by atoms with Gasteiger partial charge in [-0.15, -0.1) is 23.2 Å². The molecule has 106 valence electrons. The molecule has 0 fully saturated rings. The van der Waals surface area contributed by atoms with E-state index in [0.29, 0.717) is 12.2 Å². The van der Waals surface area contributed by atoms with Crippen LogP contribution >= 0.6 is 23.2 Å². The summed E-state index contributed by atoms with van der Waals surface area (Å²) >= 11 is 11.4. The van der Waals surface area contributed by atoms with E-state index in [1.54, 1.807) is 12.1 Å². The molecule has 20 heavy (non-hydrogen) atoms. The molecule has 1 N–H and O–H groups in total. The zero-order valence-corrected chi connectivity index (χ0v) is 12.6. The van der Waals surface area contributed by atoms with Crippen molar-refractivity contribution in [3.8, 4) is 5.75 Å². The zero-order valence-electron chi connectivity index (χ0n) is 11.1. The molecule has 2 aromatic carbocycles. The van der Waals surface area contributed by atoms with Crippen LogP contribution in [0.2, 0.25) is 0 Å². The van der Waals surface area contributed by atoms with Crippen LogP contribution in [0, 0.1) is 6.92 Å². The highest BCUT2D eigenvalue weighted by Gasteiger charge is 2.17. The second kappa shape index (κ2) is 6.98. The Bertz CT molecular complexity index is 556. The van der Waals surface area contributed by atoms with Crippen LogP contribution in [0.15, 0.2) is 48.5 Å². The van der Waals surface area contributed by atoms with Gasteiger partial charge in [0.25, 0.3) is 0 Å². The first-order valence-corrected chi connectivity index (χ1v) is 7.18. The lowest BCUT2D eigenvalue weighted by Crippen LogP contribution is -2.06. The van der Waals surface area contributed by atoms with Crippen molar-refractivity contribution in [3.05, 3.63) is 65.2 Å². The fourth-order valence-corrected chi connectivity index (χ4v) is 2.13. The molecule has 0 aliphatic rings. The Morgan fingerprint density at radius 2 is 1.80 bits per heavy atom. The standard InChI is InChI=1S/C16H16Cl2O2/c1-11-7-8-13(15(19)16(17)18)9-14(11)20-10-12-5-3-2-4-6-12/h2-9,15-16,19H,10H2,1H3. The van der Waals surface area contributed by atoms with E-state index in [2.05, 4.69) is 0 Å². The van der Waals surface area contributed by atoms with Gasteiger partial charge in [0.05, 0.1) is 0 Å². The summed E-state index contributed by atoms with van der Waals surface area (Å²) in [6.07, 6.45) is -0.919. The Kier molecular flexibility index (Phi) is 5.30. The summed E-state index contributed by atoms with van der Waals surface area (Å²) < 4.78 is 5.80. The molecule has 2 nitrogen and oxygen atoms in total. The minimum Gasteiger partial charge on any atom is -0.489 e. The maximum absolute atomic E-state index is 9.88. The van der Waals surface area contributed by atoms with Crippen molar-refractivity contribution in [3.63, 3.8) is 0 Å². The van der Waals surface area contributed by atoms with Crippen LogP contribution in [0.4, 0.5) is 0 Å². The summed E-state index contributed by atoms with van der Waals surface area (Å²) in [5, 5.41) is 9.88. The van der Waals surface area contributed by atoms with Gasteiger partial charge >= 0.3 is 0 Å². The first-order chi connectivity index (χ1) is 9.58. The highest BCUT2D eigenvalue weighted by molar-refractivity contribution is 6.44. The van der Waals surface area contributed by atoms with Crippen LogP contribution in [0.3, 0.4) is 0 Å². The van der Waals surface area contributed by atoms with E-state index >= 15 is 0 Å². The number of alkyl halides is 2. The predicted octanol–water partition coefficient (Wildman–Crippen LogP) is 4.41. The van der Waals surface area contributed by atoms with Crippen molar-refractivity contribution < 1.29 is 9.84 Å². The van der Waals surface area contributed by atoms with Gasteiger partial charge < -0.3 is 9.84 Å². The van der Waals surface area contributed by atoms with Gasteiger partial charge in [-0.1, -0.05) is 42.5 Å². The Balaban J connectivity index is 2.13. The number of halogens is 2. The number of aryl methyl sites for hydroxylation is 1. The van der Waals surface area contributed by atoms with Crippen molar-refractivity contribution in [2.24, 2.45) is 0 Å². The fourth-order valence-electron chi connectivity index (χ4n) is 1.84. The number of benzene rings is 2. The quantitative estimate of drug-likeness (QED) is 0.829. The van der Waals surface area contributed by atoms with E-state index in [-0.39, 0.29) is 0 Å². The summed E-state index contributed by atoms with van der Waals surface area (Å²) in [7, 11) is 0. The lowest BCUT2D eigenvalue weighted by molar-refractivity contribution is 0.192. The molecule has 1 unspecified atom stereocenters. The van der Waals surface area contributed by atoms with Crippen LogP contribution in [-0.4, -0.2) is 9.94 Å². The Labute approximate surface area is 128 Å². The van der Waals surface area contributed by atoms with Gasteiger partial charge in [-0.25, -0.2) is 0 Å². The van der Waals surface area contributed by atoms with Crippen molar-refractivity contribution in [1.82, 2.24) is 0 Å².